The van der Waals surface area contributed by atoms with Crippen molar-refractivity contribution in [1.29, 1.82) is 0 Å². The lowest BCUT2D eigenvalue weighted by Gasteiger charge is -2.04. The van der Waals surface area contributed by atoms with Crippen molar-refractivity contribution < 1.29 is 0 Å². The van der Waals surface area contributed by atoms with Crippen LogP contribution in [0.15, 0.2) is 208 Å². The first-order valence-corrected chi connectivity index (χ1v) is 36.9. The maximum absolute atomic E-state index is 4.54. The number of hydrogen-bond acceptors (Lipinski definition) is 12. The molecule has 0 saturated carbocycles. The third-order valence-corrected chi connectivity index (χ3v) is 14.3. The van der Waals surface area contributed by atoms with Gasteiger partial charge in [0.05, 0.1) is 55.5 Å². The SMILES string of the molecule is CC.CC.CC.CC.CC.CC.CC.CC.CC.CC.Cc1cc2cccnc2c2ncccc12.Cc1ccc2ccc3cccnc3c2n1.Cc1ccnc2c1ccc1cccnc12.Cc1cnc2c(ccc3cccnc32)c1.Cc1nc2ncccn2c1C.Cc1nc2ncccn2c1C. The molecule has 0 amide bonds. The van der Waals surface area contributed by atoms with Gasteiger partial charge in [0.25, 0.3) is 0 Å². The van der Waals surface area contributed by atoms with Crippen LogP contribution in [0.4, 0.5) is 0 Å². The summed E-state index contributed by atoms with van der Waals surface area (Å²) in [6.07, 6.45) is 20.2. The van der Waals surface area contributed by atoms with Crippen LogP contribution in [0.3, 0.4) is 0 Å². The largest absolute Gasteiger partial charge is 0.288 e. The second-order valence-corrected chi connectivity index (χ2v) is 19.9. The summed E-state index contributed by atoms with van der Waals surface area (Å²) in [4.78, 5) is 52.1. The molecule has 16 rings (SSSR count). The Kier molecular flexibility index (Phi) is 44.4. The molecule has 16 aromatic rings. The molecule has 0 aliphatic rings. The molecule has 0 atom stereocenters. The molecule has 0 bridgehead atoms. The Morgan fingerprint density at radius 3 is 1.03 bits per heavy atom. The van der Waals surface area contributed by atoms with Gasteiger partial charge in [0.15, 0.2) is 0 Å². The topological polar surface area (TPSA) is 163 Å². The van der Waals surface area contributed by atoms with E-state index in [2.05, 4.69) is 166 Å². The number of imidazole rings is 2. The Morgan fingerprint density at radius 2 is 0.569 bits per heavy atom. The van der Waals surface area contributed by atoms with Crippen LogP contribution in [0.2, 0.25) is 0 Å². The van der Waals surface area contributed by atoms with Gasteiger partial charge in [-0.3, -0.25) is 48.7 Å². The summed E-state index contributed by atoms with van der Waals surface area (Å²) < 4.78 is 3.96. The molecule has 0 saturated heterocycles. The zero-order chi connectivity index (χ0) is 76.7. The molecule has 0 aliphatic heterocycles. The molecule has 0 spiro atoms. The van der Waals surface area contributed by atoms with Crippen molar-refractivity contribution in [3.63, 3.8) is 0 Å². The highest BCUT2D eigenvalue weighted by Gasteiger charge is 2.08. The maximum Gasteiger partial charge on any atom is 0.234 e. The van der Waals surface area contributed by atoms with Crippen molar-refractivity contribution >= 4 is 98.8 Å². The van der Waals surface area contributed by atoms with E-state index in [9.17, 15) is 0 Å². The number of nitrogens with zero attached hydrogens (tertiary/aromatic N) is 14. The molecule has 4 aromatic carbocycles. The number of rotatable bonds is 0. The number of fused-ring (bicyclic) bond motifs is 14. The number of hydrogen-bond donors (Lipinski definition) is 0. The molecule has 12 heterocycles. The van der Waals surface area contributed by atoms with E-state index in [0.29, 0.717) is 0 Å². The molecule has 14 heteroatoms. The van der Waals surface area contributed by atoms with Gasteiger partial charge in [-0.15, -0.1) is 0 Å². The second-order valence-electron chi connectivity index (χ2n) is 19.9. The Bertz CT molecular complexity index is 4810. The minimum absolute atomic E-state index is 0.780. The van der Waals surface area contributed by atoms with Crippen LogP contribution in [-0.4, -0.2) is 68.6 Å². The van der Waals surface area contributed by atoms with E-state index in [1.54, 1.807) is 12.4 Å². The van der Waals surface area contributed by atoms with E-state index in [0.717, 1.165) is 116 Å². The fourth-order valence-corrected chi connectivity index (χ4v) is 9.74. The highest BCUT2D eigenvalue weighted by Crippen LogP contribution is 2.27. The molecule has 0 aliphatic carbocycles. The van der Waals surface area contributed by atoms with E-state index < -0.39 is 0 Å². The second kappa shape index (κ2) is 50.7. The third kappa shape index (κ3) is 24.3. The van der Waals surface area contributed by atoms with Crippen molar-refractivity contribution in [3.05, 3.63) is 253 Å². The Hall–Kier alpha value is -10.6. The van der Waals surface area contributed by atoms with Crippen molar-refractivity contribution in [2.24, 2.45) is 0 Å². The van der Waals surface area contributed by atoms with Crippen molar-refractivity contribution in [1.82, 2.24) is 68.6 Å². The van der Waals surface area contributed by atoms with Crippen LogP contribution in [0.5, 0.6) is 0 Å². The van der Waals surface area contributed by atoms with Crippen LogP contribution < -0.4 is 0 Å². The normalized spacial score (nSPS) is 9.37. The summed E-state index contributed by atoms with van der Waals surface area (Å²) in [5.74, 6) is 1.56. The summed E-state index contributed by atoms with van der Waals surface area (Å²) in [7, 11) is 0. The van der Waals surface area contributed by atoms with Crippen molar-refractivity contribution in [2.75, 3.05) is 0 Å². The average Bonchev–Trinajstić information content (AvgIpc) is 1.27. The van der Waals surface area contributed by atoms with E-state index in [4.69, 9.17) is 0 Å². The Morgan fingerprint density at radius 1 is 0.245 bits per heavy atom. The van der Waals surface area contributed by atoms with E-state index in [1.807, 2.05) is 292 Å². The van der Waals surface area contributed by atoms with E-state index in [-0.39, 0.29) is 0 Å². The van der Waals surface area contributed by atoms with Gasteiger partial charge < -0.3 is 0 Å². The molecule has 0 N–H and O–H groups in total. The predicted octanol–water partition coefficient (Wildman–Crippen LogP) is 25.3. The monoisotopic (exact) mass is 1370 g/mol. The Balaban J connectivity index is 0.000000584. The number of aromatic nitrogens is 14. The minimum atomic E-state index is 0.780. The van der Waals surface area contributed by atoms with Crippen LogP contribution in [0.1, 0.15) is 184 Å². The van der Waals surface area contributed by atoms with Gasteiger partial charge in [0, 0.05) is 128 Å². The number of pyridine rings is 8. The molecule has 12 aromatic heterocycles. The summed E-state index contributed by atoms with van der Waals surface area (Å²) >= 11 is 0. The van der Waals surface area contributed by atoms with Crippen LogP contribution in [0, 0.1) is 55.4 Å². The molecule has 0 fully saturated rings. The average molecular weight is 1370 g/mol. The minimum Gasteiger partial charge on any atom is -0.288 e. The van der Waals surface area contributed by atoms with E-state index in [1.165, 1.54) is 27.5 Å². The van der Waals surface area contributed by atoms with Gasteiger partial charge in [-0.2, -0.15) is 0 Å². The molecule has 14 nitrogen and oxygen atoms in total. The van der Waals surface area contributed by atoms with Gasteiger partial charge >= 0.3 is 0 Å². The van der Waals surface area contributed by atoms with E-state index >= 15 is 0 Å². The van der Waals surface area contributed by atoms with Crippen LogP contribution in [-0.2, 0) is 0 Å². The summed E-state index contributed by atoms with van der Waals surface area (Å²) in [6.45, 7) is 56.3. The van der Waals surface area contributed by atoms with Gasteiger partial charge in [0.2, 0.25) is 11.6 Å². The van der Waals surface area contributed by atoms with Crippen LogP contribution in [0.25, 0.3) is 98.8 Å². The summed E-state index contributed by atoms with van der Waals surface area (Å²) in [6, 6.07) is 46.9. The smallest absolute Gasteiger partial charge is 0.234 e. The quantitative estimate of drug-likeness (QED) is 0.132. The molecule has 102 heavy (non-hydrogen) atoms. The lowest BCUT2D eigenvalue weighted by Crippen LogP contribution is -1.87. The first-order valence-electron chi connectivity index (χ1n) is 36.9. The fraction of sp³-hybridized carbons (Fsp3) is 0.318. The first-order chi connectivity index (χ1) is 50.0. The fourth-order valence-electron chi connectivity index (χ4n) is 9.74. The highest BCUT2D eigenvalue weighted by atomic mass is 15.1. The predicted molar refractivity (Wildman–Crippen MR) is 446 cm³/mol. The first kappa shape index (κ1) is 89.4. The van der Waals surface area contributed by atoms with Gasteiger partial charge in [-0.05, 0) is 139 Å². The maximum atomic E-state index is 4.54. The summed E-state index contributed by atoms with van der Waals surface area (Å²) in [5, 5.41) is 9.24. The van der Waals surface area contributed by atoms with Gasteiger partial charge in [0.1, 0.15) is 0 Å². The Labute approximate surface area is 610 Å². The number of benzene rings is 4. The lowest BCUT2D eigenvalue weighted by molar-refractivity contribution is 1.06. The number of aryl methyl sites for hydroxylation is 8. The summed E-state index contributed by atoms with van der Waals surface area (Å²) in [5.41, 5.74) is 17.0. The van der Waals surface area contributed by atoms with Crippen molar-refractivity contribution in [2.45, 2.75) is 194 Å². The zero-order valence-corrected chi connectivity index (χ0v) is 66.9. The third-order valence-electron chi connectivity index (χ3n) is 14.3. The lowest BCUT2D eigenvalue weighted by atomic mass is 10.1. The van der Waals surface area contributed by atoms with Gasteiger partial charge in [-0.1, -0.05) is 211 Å². The molecular weight excluding hydrogens is 1250 g/mol. The standard InChI is InChI=1S/4C13H10N2.2C8H9N3.10C2H6/c1-9-8-10-4-2-6-14-12(10)13-11(9)5-3-7-15-13;1-9-4-5-11-7-6-10-3-2-8-14-12(10)13(11)15-9;1-9-6-8-15-13-11(9)5-4-10-3-2-7-14-12(10)13;1-9-7-11-5-4-10-3-2-6-14-12(10)13(11)15-8-9;2*1-6-7(2)11-5-3-4-9-8(11)10-6;10*1-2/h4*2-8H,1H3;2*3-5H,1-2H3;10*1-2H3. The van der Waals surface area contributed by atoms with Crippen molar-refractivity contribution in [3.8, 4) is 0 Å². The van der Waals surface area contributed by atoms with Crippen LogP contribution >= 0.6 is 0 Å². The highest BCUT2D eigenvalue weighted by molar-refractivity contribution is 6.06. The molecule has 0 radical (unpaired) electrons. The molecule has 540 valence electrons. The zero-order valence-electron chi connectivity index (χ0n) is 66.9. The molecule has 0 unspecified atom stereocenters. The molecular formula is C88H118N14. The van der Waals surface area contributed by atoms with Gasteiger partial charge in [-0.25, -0.2) is 19.9 Å².